The van der Waals surface area contributed by atoms with Crippen LogP contribution in [0.15, 0.2) is 23.0 Å². The van der Waals surface area contributed by atoms with Crippen LogP contribution in [0.5, 0.6) is 0 Å². The first-order chi connectivity index (χ1) is 13.0. The van der Waals surface area contributed by atoms with Gasteiger partial charge in [0.05, 0.1) is 5.39 Å². The molecule has 2 amide bonds. The number of hydrogen-bond donors (Lipinski definition) is 3. The Labute approximate surface area is 153 Å². The van der Waals surface area contributed by atoms with Gasteiger partial charge in [-0.3, -0.25) is 24.5 Å². The van der Waals surface area contributed by atoms with Crippen molar-refractivity contribution in [3.05, 3.63) is 28.6 Å². The maximum atomic E-state index is 12.9. The van der Waals surface area contributed by atoms with Gasteiger partial charge in [0, 0.05) is 25.1 Å². The van der Waals surface area contributed by atoms with E-state index in [1.54, 1.807) is 18.2 Å². The van der Waals surface area contributed by atoms with Crippen LogP contribution in [-0.2, 0) is 14.4 Å². The summed E-state index contributed by atoms with van der Waals surface area (Å²) in [6.07, 6.45) is 1.56. The summed E-state index contributed by atoms with van der Waals surface area (Å²) in [6.45, 7) is 0.493. The SMILES string of the molecule is O=C(O)CCCCNc1cccc2nnn(C3CCC(=O)NC3=O)c(=O)c12. The van der Waals surface area contributed by atoms with Gasteiger partial charge in [0.15, 0.2) is 0 Å². The van der Waals surface area contributed by atoms with Gasteiger partial charge in [-0.05, 0) is 31.4 Å². The van der Waals surface area contributed by atoms with Gasteiger partial charge in [-0.1, -0.05) is 11.3 Å². The van der Waals surface area contributed by atoms with E-state index in [2.05, 4.69) is 20.9 Å². The second-order valence-corrected chi connectivity index (χ2v) is 6.28. The number of hydrogen-bond acceptors (Lipinski definition) is 7. The van der Waals surface area contributed by atoms with Crippen molar-refractivity contribution in [2.45, 2.75) is 38.1 Å². The van der Waals surface area contributed by atoms with E-state index in [1.165, 1.54) is 0 Å². The van der Waals surface area contributed by atoms with Gasteiger partial charge in [-0.15, -0.1) is 5.10 Å². The van der Waals surface area contributed by atoms with Crippen LogP contribution in [0.1, 0.15) is 38.1 Å². The van der Waals surface area contributed by atoms with Crippen molar-refractivity contribution in [2.24, 2.45) is 0 Å². The highest BCUT2D eigenvalue weighted by molar-refractivity contribution is 5.99. The van der Waals surface area contributed by atoms with Crippen molar-refractivity contribution in [3.63, 3.8) is 0 Å². The lowest BCUT2D eigenvalue weighted by molar-refractivity contribution is -0.138. The van der Waals surface area contributed by atoms with Crippen LogP contribution >= 0.6 is 0 Å². The Kier molecular flexibility index (Phi) is 5.43. The number of rotatable bonds is 7. The third-order valence-corrected chi connectivity index (χ3v) is 4.35. The van der Waals surface area contributed by atoms with E-state index in [0.29, 0.717) is 36.0 Å². The first-order valence-corrected chi connectivity index (χ1v) is 8.65. The van der Waals surface area contributed by atoms with Gasteiger partial charge in [-0.25, -0.2) is 0 Å². The van der Waals surface area contributed by atoms with Gasteiger partial charge in [-0.2, -0.15) is 4.68 Å². The lowest BCUT2D eigenvalue weighted by Crippen LogP contribution is -2.45. The van der Waals surface area contributed by atoms with Crippen molar-refractivity contribution in [2.75, 3.05) is 11.9 Å². The molecule has 2 aromatic rings. The third kappa shape index (κ3) is 4.10. The molecule has 3 rings (SSSR count). The quantitative estimate of drug-likeness (QED) is 0.468. The Balaban J connectivity index is 1.85. The van der Waals surface area contributed by atoms with Crippen molar-refractivity contribution >= 4 is 34.4 Å². The van der Waals surface area contributed by atoms with Crippen LogP contribution < -0.4 is 16.2 Å². The lowest BCUT2D eigenvalue weighted by atomic mass is 10.1. The summed E-state index contributed by atoms with van der Waals surface area (Å²) in [5.74, 6) is -1.79. The zero-order valence-corrected chi connectivity index (χ0v) is 14.5. The third-order valence-electron chi connectivity index (χ3n) is 4.35. The number of amides is 2. The van der Waals surface area contributed by atoms with Crippen LogP contribution in [0.3, 0.4) is 0 Å². The number of carboxylic acids is 1. The van der Waals surface area contributed by atoms with Crippen LogP contribution in [0.2, 0.25) is 0 Å². The van der Waals surface area contributed by atoms with Gasteiger partial charge < -0.3 is 10.4 Å². The smallest absolute Gasteiger partial charge is 0.303 e. The maximum absolute atomic E-state index is 12.9. The molecule has 0 radical (unpaired) electrons. The molecule has 1 aliphatic rings. The van der Waals surface area contributed by atoms with Crippen LogP contribution in [0.25, 0.3) is 10.9 Å². The summed E-state index contributed by atoms with van der Waals surface area (Å²) >= 11 is 0. The predicted octanol–water partition coefficient (Wildman–Crippen LogP) is 0.436. The molecule has 2 heterocycles. The van der Waals surface area contributed by atoms with Crippen LogP contribution in [0.4, 0.5) is 5.69 Å². The Morgan fingerprint density at radius 3 is 2.85 bits per heavy atom. The molecule has 0 aliphatic carbocycles. The Hall–Kier alpha value is -3.30. The van der Waals surface area contributed by atoms with Crippen molar-refractivity contribution in [1.82, 2.24) is 20.3 Å². The summed E-state index contributed by atoms with van der Waals surface area (Å²) < 4.78 is 1.01. The average molecular weight is 373 g/mol. The molecule has 0 saturated carbocycles. The highest BCUT2D eigenvalue weighted by atomic mass is 16.4. The molecule has 27 heavy (non-hydrogen) atoms. The second kappa shape index (κ2) is 7.94. The van der Waals surface area contributed by atoms with E-state index in [9.17, 15) is 19.2 Å². The number of aromatic nitrogens is 3. The molecule has 0 bridgehead atoms. The number of aliphatic carboxylic acids is 1. The molecule has 142 valence electrons. The molecule has 1 aromatic heterocycles. The summed E-state index contributed by atoms with van der Waals surface area (Å²) in [6, 6.07) is 4.22. The number of benzene rings is 1. The number of carbonyl (C=O) groups excluding carboxylic acids is 2. The Bertz CT molecular complexity index is 954. The fourth-order valence-electron chi connectivity index (χ4n) is 2.99. The van der Waals surface area contributed by atoms with Crippen LogP contribution in [-0.4, -0.2) is 44.4 Å². The van der Waals surface area contributed by atoms with Crippen LogP contribution in [0, 0.1) is 0 Å². The zero-order chi connectivity index (χ0) is 19.4. The molecule has 1 unspecified atom stereocenters. The molecule has 10 heteroatoms. The number of carboxylic acid groups (broad SMARTS) is 1. The van der Waals surface area contributed by atoms with Crippen molar-refractivity contribution in [3.8, 4) is 0 Å². The van der Waals surface area contributed by atoms with Gasteiger partial charge >= 0.3 is 5.97 Å². The number of piperidine rings is 1. The number of carbonyl (C=O) groups is 3. The number of nitrogens with zero attached hydrogens (tertiary/aromatic N) is 3. The minimum absolute atomic E-state index is 0.0883. The minimum atomic E-state index is -0.879. The molecule has 1 atom stereocenters. The van der Waals surface area contributed by atoms with Gasteiger partial charge in [0.25, 0.3) is 11.5 Å². The molecule has 1 saturated heterocycles. The maximum Gasteiger partial charge on any atom is 0.303 e. The van der Waals surface area contributed by atoms with E-state index in [0.717, 1.165) is 4.68 Å². The van der Waals surface area contributed by atoms with Gasteiger partial charge in [0.1, 0.15) is 11.6 Å². The molecule has 1 aliphatic heterocycles. The topological polar surface area (TPSA) is 143 Å². The molecule has 1 fully saturated rings. The Morgan fingerprint density at radius 1 is 1.30 bits per heavy atom. The van der Waals surface area contributed by atoms with E-state index in [-0.39, 0.29) is 25.2 Å². The molecule has 1 aromatic carbocycles. The molecular formula is C17H19N5O5. The zero-order valence-electron chi connectivity index (χ0n) is 14.5. The average Bonchev–Trinajstić information content (AvgIpc) is 2.62. The number of imide groups is 1. The first kappa shape index (κ1) is 18.5. The lowest BCUT2D eigenvalue weighted by Gasteiger charge is -2.21. The summed E-state index contributed by atoms with van der Waals surface area (Å²) in [5.41, 5.74) is 0.464. The number of anilines is 1. The van der Waals surface area contributed by atoms with E-state index in [1.807, 2.05) is 0 Å². The monoisotopic (exact) mass is 373 g/mol. The summed E-state index contributed by atoms with van der Waals surface area (Å²) in [5, 5.41) is 22.2. The minimum Gasteiger partial charge on any atom is -0.481 e. The fourth-order valence-corrected chi connectivity index (χ4v) is 2.99. The summed E-state index contributed by atoms with van der Waals surface area (Å²) in [4.78, 5) is 46.9. The van der Waals surface area contributed by atoms with Gasteiger partial charge in [0.2, 0.25) is 5.91 Å². The van der Waals surface area contributed by atoms with Crippen molar-refractivity contribution < 1.29 is 19.5 Å². The molecule has 3 N–H and O–H groups in total. The predicted molar refractivity (Wildman–Crippen MR) is 95.2 cm³/mol. The second-order valence-electron chi connectivity index (χ2n) is 6.28. The number of unbranched alkanes of at least 4 members (excludes halogenated alkanes) is 1. The summed E-state index contributed by atoms with van der Waals surface area (Å²) in [7, 11) is 0. The fraction of sp³-hybridized carbons (Fsp3) is 0.412. The van der Waals surface area contributed by atoms with E-state index >= 15 is 0 Å². The molecule has 0 spiro atoms. The largest absolute Gasteiger partial charge is 0.481 e. The van der Waals surface area contributed by atoms with E-state index in [4.69, 9.17) is 5.11 Å². The normalized spacial score (nSPS) is 17.0. The molecular weight excluding hydrogens is 354 g/mol. The molecule has 10 nitrogen and oxygen atoms in total. The Morgan fingerprint density at radius 2 is 2.11 bits per heavy atom. The highest BCUT2D eigenvalue weighted by Crippen LogP contribution is 2.20. The standard InChI is InChI=1S/C17H19N5O5/c23-13-8-7-12(16(26)19-13)22-17(27)15-10(4-3-5-11(15)20-21-22)18-9-2-1-6-14(24)25/h3-5,12,18H,1-2,6-9H2,(H,24,25)(H,19,23,26). The number of fused-ring (bicyclic) bond motifs is 1. The van der Waals surface area contributed by atoms with Crippen molar-refractivity contribution in [1.29, 1.82) is 0 Å². The number of nitrogens with one attached hydrogen (secondary N) is 2. The first-order valence-electron chi connectivity index (χ1n) is 8.65. The highest BCUT2D eigenvalue weighted by Gasteiger charge is 2.30. The van der Waals surface area contributed by atoms with E-state index < -0.39 is 23.5 Å².